The number of benzene rings is 2. The van der Waals surface area contributed by atoms with Gasteiger partial charge in [-0.2, -0.15) is 0 Å². The van der Waals surface area contributed by atoms with Gasteiger partial charge in [-0.05, 0) is 37.1 Å². The van der Waals surface area contributed by atoms with E-state index < -0.39 is 4.92 Å². The first-order valence-corrected chi connectivity index (χ1v) is 7.70. The second-order valence-electron chi connectivity index (χ2n) is 4.64. The maximum Gasteiger partial charge on any atom is 0.312 e. The molecule has 0 saturated carbocycles. The molecule has 0 aromatic heterocycles. The van der Waals surface area contributed by atoms with Gasteiger partial charge in [-0.15, -0.1) is 0 Å². The molecule has 6 heteroatoms. The van der Waals surface area contributed by atoms with Crippen LogP contribution in [0.2, 0.25) is 5.02 Å². The van der Waals surface area contributed by atoms with Crippen LogP contribution in [0, 0.1) is 24.0 Å². The van der Waals surface area contributed by atoms with Crippen LogP contribution in [0.3, 0.4) is 0 Å². The molecular formula is C15H13BrClNO3. The molecule has 110 valence electrons. The van der Waals surface area contributed by atoms with E-state index in [4.69, 9.17) is 16.3 Å². The van der Waals surface area contributed by atoms with E-state index in [1.54, 1.807) is 25.1 Å². The molecule has 2 aromatic rings. The topological polar surface area (TPSA) is 52.4 Å². The number of halogens is 2. The Labute approximate surface area is 136 Å². The van der Waals surface area contributed by atoms with Crippen molar-refractivity contribution in [3.8, 4) is 11.5 Å². The van der Waals surface area contributed by atoms with Crippen molar-refractivity contribution < 1.29 is 9.66 Å². The van der Waals surface area contributed by atoms with Crippen LogP contribution in [-0.4, -0.2) is 4.92 Å². The van der Waals surface area contributed by atoms with Gasteiger partial charge in [0.05, 0.1) is 4.92 Å². The number of nitrogens with zero attached hydrogens (tertiary/aromatic N) is 1. The van der Waals surface area contributed by atoms with Crippen molar-refractivity contribution in [3.63, 3.8) is 0 Å². The normalized spacial score (nSPS) is 10.5. The number of hydrogen-bond donors (Lipinski definition) is 0. The Balaban J connectivity index is 2.54. The van der Waals surface area contributed by atoms with E-state index in [2.05, 4.69) is 15.9 Å². The summed E-state index contributed by atoms with van der Waals surface area (Å²) in [6.45, 7) is 3.60. The molecular weight excluding hydrogens is 358 g/mol. The van der Waals surface area contributed by atoms with Crippen LogP contribution in [0.1, 0.15) is 16.7 Å². The first-order chi connectivity index (χ1) is 9.93. The van der Waals surface area contributed by atoms with Crippen LogP contribution in [0.5, 0.6) is 11.5 Å². The van der Waals surface area contributed by atoms with Crippen LogP contribution < -0.4 is 4.74 Å². The lowest BCUT2D eigenvalue weighted by atomic mass is 10.1. The first kappa shape index (κ1) is 15.8. The zero-order valence-corrected chi connectivity index (χ0v) is 13.9. The number of rotatable bonds is 4. The highest BCUT2D eigenvalue weighted by Crippen LogP contribution is 2.38. The maximum atomic E-state index is 11.2. The standard InChI is InChI=1S/C15H13BrClNO3/c1-9-6-10(2)15(13(7-9)18(19)20)21-14-5-3-4-12(17)11(14)8-16/h3-7H,8H2,1-2H3. The molecule has 0 bridgehead atoms. The third-order valence-corrected chi connectivity index (χ3v) is 3.93. The van der Waals surface area contributed by atoms with Gasteiger partial charge < -0.3 is 4.74 Å². The van der Waals surface area contributed by atoms with Crippen molar-refractivity contribution in [2.75, 3.05) is 0 Å². The van der Waals surface area contributed by atoms with Gasteiger partial charge in [0.15, 0.2) is 0 Å². The average molecular weight is 371 g/mol. The predicted octanol–water partition coefficient (Wildman–Crippen LogP) is 5.55. The number of nitro groups is 1. The van der Waals surface area contributed by atoms with E-state index in [0.717, 1.165) is 11.1 Å². The van der Waals surface area contributed by atoms with E-state index >= 15 is 0 Å². The summed E-state index contributed by atoms with van der Waals surface area (Å²) < 4.78 is 5.80. The Hall–Kier alpha value is -1.59. The van der Waals surface area contributed by atoms with Crippen molar-refractivity contribution in [2.45, 2.75) is 19.2 Å². The second-order valence-corrected chi connectivity index (χ2v) is 5.61. The van der Waals surface area contributed by atoms with Crippen molar-refractivity contribution >= 4 is 33.2 Å². The molecule has 4 nitrogen and oxygen atoms in total. The number of hydrogen-bond acceptors (Lipinski definition) is 3. The number of aryl methyl sites for hydroxylation is 2. The Morgan fingerprint density at radius 2 is 2.05 bits per heavy atom. The van der Waals surface area contributed by atoms with Crippen molar-refractivity contribution in [2.24, 2.45) is 0 Å². The molecule has 0 aliphatic carbocycles. The van der Waals surface area contributed by atoms with Crippen LogP contribution >= 0.6 is 27.5 Å². The van der Waals surface area contributed by atoms with E-state index in [1.807, 2.05) is 13.0 Å². The molecule has 0 radical (unpaired) electrons. The third-order valence-electron chi connectivity index (χ3n) is 3.02. The molecule has 0 aliphatic rings. The minimum Gasteiger partial charge on any atom is -0.449 e. The monoisotopic (exact) mass is 369 g/mol. The molecule has 2 rings (SSSR count). The highest BCUT2D eigenvalue weighted by Gasteiger charge is 2.20. The largest absolute Gasteiger partial charge is 0.449 e. The molecule has 21 heavy (non-hydrogen) atoms. The fourth-order valence-corrected chi connectivity index (χ4v) is 3.05. The molecule has 0 unspecified atom stereocenters. The van der Waals surface area contributed by atoms with E-state index in [9.17, 15) is 10.1 Å². The lowest BCUT2D eigenvalue weighted by Gasteiger charge is -2.13. The molecule has 0 heterocycles. The molecule has 0 fully saturated rings. The number of alkyl halides is 1. The molecule has 0 aliphatic heterocycles. The van der Waals surface area contributed by atoms with Gasteiger partial charge >= 0.3 is 5.69 Å². The Morgan fingerprint density at radius 1 is 1.33 bits per heavy atom. The highest BCUT2D eigenvalue weighted by atomic mass is 79.9. The van der Waals surface area contributed by atoms with Crippen LogP contribution in [-0.2, 0) is 5.33 Å². The zero-order valence-electron chi connectivity index (χ0n) is 11.5. The van der Waals surface area contributed by atoms with Crippen molar-refractivity contribution in [1.82, 2.24) is 0 Å². The summed E-state index contributed by atoms with van der Waals surface area (Å²) in [6, 6.07) is 8.59. The third kappa shape index (κ3) is 3.36. The molecule has 0 amide bonds. The quantitative estimate of drug-likeness (QED) is 0.402. The van der Waals surface area contributed by atoms with Gasteiger partial charge in [0, 0.05) is 22.0 Å². The average Bonchev–Trinajstić information content (AvgIpc) is 2.41. The maximum absolute atomic E-state index is 11.2. The van der Waals surface area contributed by atoms with Gasteiger partial charge in [0.1, 0.15) is 5.75 Å². The van der Waals surface area contributed by atoms with Gasteiger partial charge in [-0.1, -0.05) is 39.7 Å². The summed E-state index contributed by atoms with van der Waals surface area (Å²) in [5, 5.41) is 12.3. The lowest BCUT2D eigenvalue weighted by molar-refractivity contribution is -0.385. The fourth-order valence-electron chi connectivity index (χ4n) is 2.07. The minimum atomic E-state index is -0.437. The lowest BCUT2D eigenvalue weighted by Crippen LogP contribution is -1.98. The van der Waals surface area contributed by atoms with Gasteiger partial charge in [0.25, 0.3) is 0 Å². The summed E-state index contributed by atoms with van der Waals surface area (Å²) in [5.41, 5.74) is 2.24. The predicted molar refractivity (Wildman–Crippen MR) is 86.7 cm³/mol. The zero-order chi connectivity index (χ0) is 15.6. The highest BCUT2D eigenvalue weighted by molar-refractivity contribution is 9.08. The molecule has 0 N–H and O–H groups in total. The molecule has 2 aromatic carbocycles. The van der Waals surface area contributed by atoms with E-state index in [-0.39, 0.29) is 11.4 Å². The smallest absolute Gasteiger partial charge is 0.312 e. The molecule has 0 saturated heterocycles. The Kier molecular flexibility index (Phi) is 4.85. The van der Waals surface area contributed by atoms with Crippen LogP contribution in [0.15, 0.2) is 30.3 Å². The number of ether oxygens (including phenoxy) is 1. The second kappa shape index (κ2) is 6.45. The summed E-state index contributed by atoms with van der Waals surface area (Å²) in [5.74, 6) is 0.754. The molecule has 0 atom stereocenters. The summed E-state index contributed by atoms with van der Waals surface area (Å²) >= 11 is 9.47. The summed E-state index contributed by atoms with van der Waals surface area (Å²) in [4.78, 5) is 10.8. The van der Waals surface area contributed by atoms with Crippen molar-refractivity contribution in [3.05, 3.63) is 62.2 Å². The van der Waals surface area contributed by atoms with Gasteiger partial charge in [-0.25, -0.2) is 0 Å². The first-order valence-electron chi connectivity index (χ1n) is 6.21. The van der Waals surface area contributed by atoms with Crippen LogP contribution in [0.25, 0.3) is 0 Å². The number of nitro benzene ring substituents is 1. The fraction of sp³-hybridized carbons (Fsp3) is 0.200. The minimum absolute atomic E-state index is 0.0482. The summed E-state index contributed by atoms with van der Waals surface area (Å²) in [6.07, 6.45) is 0. The van der Waals surface area contributed by atoms with Gasteiger partial charge in [-0.3, -0.25) is 10.1 Å². The van der Waals surface area contributed by atoms with E-state index in [0.29, 0.717) is 21.7 Å². The Bertz CT molecular complexity index is 704. The Morgan fingerprint density at radius 3 is 2.67 bits per heavy atom. The van der Waals surface area contributed by atoms with Crippen LogP contribution in [0.4, 0.5) is 5.69 Å². The van der Waals surface area contributed by atoms with Gasteiger partial charge in [0.2, 0.25) is 5.75 Å². The SMILES string of the molecule is Cc1cc(C)c(Oc2cccc(Cl)c2CBr)c([N+](=O)[O-])c1. The molecule has 0 spiro atoms. The van der Waals surface area contributed by atoms with Crippen molar-refractivity contribution in [1.29, 1.82) is 0 Å². The van der Waals surface area contributed by atoms with E-state index in [1.165, 1.54) is 6.07 Å². The summed E-state index contributed by atoms with van der Waals surface area (Å²) in [7, 11) is 0.